The third-order valence-electron chi connectivity index (χ3n) is 4.45. The van der Waals surface area contributed by atoms with E-state index in [1.807, 2.05) is 4.90 Å². The van der Waals surface area contributed by atoms with Crippen molar-refractivity contribution in [3.63, 3.8) is 0 Å². The summed E-state index contributed by atoms with van der Waals surface area (Å²) in [4.78, 5) is 20.9. The Morgan fingerprint density at radius 2 is 1.90 bits per heavy atom. The first-order chi connectivity index (χ1) is 10.3. The molecule has 0 N–H and O–H groups in total. The summed E-state index contributed by atoms with van der Waals surface area (Å²) >= 11 is 0. The van der Waals surface area contributed by atoms with Crippen molar-refractivity contribution in [2.24, 2.45) is 0 Å². The van der Waals surface area contributed by atoms with Crippen LogP contribution in [-0.4, -0.2) is 41.5 Å². The van der Waals surface area contributed by atoms with Crippen LogP contribution in [0.5, 0.6) is 0 Å². The number of benzene rings is 1. The van der Waals surface area contributed by atoms with E-state index in [-0.39, 0.29) is 5.91 Å². The van der Waals surface area contributed by atoms with Crippen LogP contribution in [0.25, 0.3) is 0 Å². The van der Waals surface area contributed by atoms with Gasteiger partial charge in [0.15, 0.2) is 0 Å². The molecule has 1 fully saturated rings. The van der Waals surface area contributed by atoms with Crippen molar-refractivity contribution in [3.05, 3.63) is 59.9 Å². The van der Waals surface area contributed by atoms with Crippen LogP contribution in [-0.2, 0) is 6.42 Å². The number of pyridine rings is 1. The quantitative estimate of drug-likeness (QED) is 0.801. The van der Waals surface area contributed by atoms with Gasteiger partial charge in [-0.15, -0.1) is 0 Å². The van der Waals surface area contributed by atoms with Gasteiger partial charge in [-0.05, 0) is 30.2 Å². The lowest BCUT2D eigenvalue weighted by atomic mass is 10.1. The lowest BCUT2D eigenvalue weighted by Crippen LogP contribution is -2.53. The van der Waals surface area contributed by atoms with Gasteiger partial charge in [0.2, 0.25) is 0 Å². The van der Waals surface area contributed by atoms with Gasteiger partial charge in [0.25, 0.3) is 5.91 Å². The molecule has 4 heteroatoms. The predicted molar refractivity (Wildman–Crippen MR) is 81.4 cm³/mol. The van der Waals surface area contributed by atoms with Gasteiger partial charge in [-0.25, -0.2) is 0 Å². The molecule has 3 heterocycles. The van der Waals surface area contributed by atoms with Gasteiger partial charge in [-0.2, -0.15) is 0 Å². The Bertz CT molecular complexity index is 671. The largest absolute Gasteiger partial charge is 0.364 e. The van der Waals surface area contributed by atoms with Gasteiger partial charge in [0, 0.05) is 43.3 Å². The van der Waals surface area contributed by atoms with Crippen molar-refractivity contribution in [2.45, 2.75) is 12.5 Å². The molecular weight excluding hydrogens is 262 g/mol. The molecule has 2 aliphatic heterocycles. The third-order valence-corrected chi connectivity index (χ3v) is 4.45. The lowest BCUT2D eigenvalue weighted by molar-refractivity contribution is 0.0725. The summed E-state index contributed by atoms with van der Waals surface area (Å²) in [6.07, 6.45) is 4.39. The minimum Gasteiger partial charge on any atom is -0.364 e. The van der Waals surface area contributed by atoms with Gasteiger partial charge in [0.05, 0.1) is 6.04 Å². The maximum absolute atomic E-state index is 12.5. The minimum absolute atomic E-state index is 0.119. The summed E-state index contributed by atoms with van der Waals surface area (Å²) in [7, 11) is 0. The molecule has 1 saturated heterocycles. The Morgan fingerprint density at radius 3 is 2.76 bits per heavy atom. The fourth-order valence-electron chi connectivity index (χ4n) is 3.43. The van der Waals surface area contributed by atoms with Gasteiger partial charge >= 0.3 is 0 Å². The van der Waals surface area contributed by atoms with E-state index in [0.29, 0.717) is 6.04 Å². The molecule has 4 nitrogen and oxygen atoms in total. The van der Waals surface area contributed by atoms with E-state index in [9.17, 15) is 4.79 Å². The zero-order valence-electron chi connectivity index (χ0n) is 11.8. The summed E-state index contributed by atoms with van der Waals surface area (Å²) in [5, 5.41) is 0. The number of rotatable bonds is 1. The molecule has 1 amide bonds. The van der Waals surface area contributed by atoms with Crippen molar-refractivity contribution >= 4 is 11.6 Å². The highest BCUT2D eigenvalue weighted by atomic mass is 16.2. The average molecular weight is 279 g/mol. The summed E-state index contributed by atoms with van der Waals surface area (Å²) < 4.78 is 0. The number of amides is 1. The maximum Gasteiger partial charge on any atom is 0.254 e. The van der Waals surface area contributed by atoms with E-state index in [0.717, 1.165) is 31.6 Å². The highest BCUT2D eigenvalue weighted by Crippen LogP contribution is 2.33. The molecule has 1 atom stereocenters. The summed E-state index contributed by atoms with van der Waals surface area (Å²) in [6.45, 7) is 2.50. The number of anilines is 1. The van der Waals surface area contributed by atoms with Gasteiger partial charge < -0.3 is 9.80 Å². The molecule has 2 aliphatic rings. The third kappa shape index (κ3) is 2.07. The highest BCUT2D eigenvalue weighted by Gasteiger charge is 2.35. The molecule has 0 aliphatic carbocycles. The van der Waals surface area contributed by atoms with Crippen LogP contribution >= 0.6 is 0 Å². The van der Waals surface area contributed by atoms with Crippen molar-refractivity contribution in [1.82, 2.24) is 9.88 Å². The molecule has 0 spiro atoms. The van der Waals surface area contributed by atoms with E-state index >= 15 is 0 Å². The van der Waals surface area contributed by atoms with Crippen LogP contribution in [0.2, 0.25) is 0 Å². The van der Waals surface area contributed by atoms with Crippen molar-refractivity contribution < 1.29 is 4.79 Å². The summed E-state index contributed by atoms with van der Waals surface area (Å²) in [6, 6.07) is 12.6. The van der Waals surface area contributed by atoms with E-state index in [2.05, 4.69) is 34.1 Å². The Labute approximate surface area is 124 Å². The van der Waals surface area contributed by atoms with E-state index in [4.69, 9.17) is 0 Å². The molecule has 4 rings (SSSR count). The number of para-hydroxylation sites is 1. The second-order valence-corrected chi connectivity index (χ2v) is 5.67. The van der Waals surface area contributed by atoms with Crippen LogP contribution < -0.4 is 4.90 Å². The molecule has 21 heavy (non-hydrogen) atoms. The van der Waals surface area contributed by atoms with Crippen molar-refractivity contribution in [1.29, 1.82) is 0 Å². The molecule has 1 unspecified atom stereocenters. The second-order valence-electron chi connectivity index (χ2n) is 5.67. The fraction of sp³-hybridized carbons (Fsp3) is 0.294. The predicted octanol–water partition coefficient (Wildman–Crippen LogP) is 1.97. The molecule has 106 valence electrons. The topological polar surface area (TPSA) is 36.4 Å². The number of carbonyl (C=O) groups excluding carboxylic acids is 1. The zero-order chi connectivity index (χ0) is 14.2. The van der Waals surface area contributed by atoms with Crippen LogP contribution in [0.15, 0.2) is 48.8 Å². The molecule has 0 saturated carbocycles. The van der Waals surface area contributed by atoms with Crippen LogP contribution in [0, 0.1) is 0 Å². The first kappa shape index (κ1) is 12.4. The standard InChI is InChI=1S/C17H17N3O/c21-17(13-5-7-18-8-6-13)19-9-10-20-15(12-19)11-14-3-1-2-4-16(14)20/h1-8,15H,9-12H2. The summed E-state index contributed by atoms with van der Waals surface area (Å²) in [5.41, 5.74) is 3.48. The Morgan fingerprint density at radius 1 is 1.10 bits per heavy atom. The minimum atomic E-state index is 0.119. The Kier molecular flexibility index (Phi) is 2.88. The number of nitrogens with zero attached hydrogens (tertiary/aromatic N) is 3. The molecule has 1 aromatic heterocycles. The van der Waals surface area contributed by atoms with Gasteiger partial charge in [0.1, 0.15) is 0 Å². The number of fused-ring (bicyclic) bond motifs is 3. The van der Waals surface area contributed by atoms with Crippen LogP contribution in [0.3, 0.4) is 0 Å². The maximum atomic E-state index is 12.5. The van der Waals surface area contributed by atoms with Gasteiger partial charge in [-0.1, -0.05) is 18.2 Å². The zero-order valence-corrected chi connectivity index (χ0v) is 11.8. The molecular formula is C17H17N3O. The molecule has 2 aromatic rings. The number of aromatic nitrogens is 1. The monoisotopic (exact) mass is 279 g/mol. The second kappa shape index (κ2) is 4.88. The smallest absolute Gasteiger partial charge is 0.254 e. The Hall–Kier alpha value is -2.36. The number of hydrogen-bond acceptors (Lipinski definition) is 3. The number of hydrogen-bond donors (Lipinski definition) is 0. The Balaban J connectivity index is 1.53. The SMILES string of the molecule is O=C(c1ccncc1)N1CCN2c3ccccc3CC2C1. The van der Waals surface area contributed by atoms with Crippen molar-refractivity contribution in [3.8, 4) is 0 Å². The molecule has 0 radical (unpaired) electrons. The number of piperazine rings is 1. The normalized spacial score (nSPS) is 20.1. The van der Waals surface area contributed by atoms with Crippen LogP contribution in [0.4, 0.5) is 5.69 Å². The fourth-order valence-corrected chi connectivity index (χ4v) is 3.43. The highest BCUT2D eigenvalue weighted by molar-refractivity contribution is 5.94. The van der Waals surface area contributed by atoms with E-state index in [1.54, 1.807) is 24.5 Å². The molecule has 1 aromatic carbocycles. The first-order valence-electron chi connectivity index (χ1n) is 7.37. The first-order valence-corrected chi connectivity index (χ1v) is 7.37. The van der Waals surface area contributed by atoms with E-state index < -0.39 is 0 Å². The van der Waals surface area contributed by atoms with Crippen molar-refractivity contribution in [2.75, 3.05) is 24.5 Å². The summed E-state index contributed by atoms with van der Waals surface area (Å²) in [5.74, 6) is 0.119. The average Bonchev–Trinajstić information content (AvgIpc) is 2.92. The van der Waals surface area contributed by atoms with E-state index in [1.165, 1.54) is 11.3 Å². The lowest BCUT2D eigenvalue weighted by Gasteiger charge is -2.39. The molecule has 0 bridgehead atoms. The van der Waals surface area contributed by atoms with Gasteiger partial charge in [-0.3, -0.25) is 9.78 Å². The number of carbonyl (C=O) groups is 1. The van der Waals surface area contributed by atoms with Crippen LogP contribution in [0.1, 0.15) is 15.9 Å².